The molecule has 4 heteroatoms. The first-order valence-corrected chi connectivity index (χ1v) is 5.22. The van der Waals surface area contributed by atoms with E-state index >= 15 is 0 Å². The third-order valence-electron chi connectivity index (χ3n) is 2.39. The number of nitrogens with one attached hydrogen (secondary N) is 1. The van der Waals surface area contributed by atoms with E-state index in [1.54, 1.807) is 0 Å². The summed E-state index contributed by atoms with van der Waals surface area (Å²) in [5.74, 6) is 0.113. The van der Waals surface area contributed by atoms with Gasteiger partial charge < -0.3 is 5.32 Å². The molecule has 0 spiro atoms. The Morgan fingerprint density at radius 3 is 2.85 bits per heavy atom. The van der Waals surface area contributed by atoms with Gasteiger partial charge in [-0.3, -0.25) is 4.79 Å². The minimum absolute atomic E-state index is 0.112. The number of thiazole rings is 1. The molecular weight excluding hydrogens is 184 g/mol. The maximum Gasteiger partial charge on any atom is 0.232 e. The van der Waals surface area contributed by atoms with Crippen molar-refractivity contribution in [3.8, 4) is 0 Å². The number of amides is 1. The van der Waals surface area contributed by atoms with Crippen LogP contribution in [-0.2, 0) is 4.79 Å². The summed E-state index contributed by atoms with van der Waals surface area (Å²) < 4.78 is 0. The number of aromatic nitrogens is 1. The van der Waals surface area contributed by atoms with E-state index in [9.17, 15) is 4.79 Å². The maximum atomic E-state index is 11.6. The lowest BCUT2D eigenvalue weighted by molar-refractivity contribution is -0.120. The Balaban J connectivity index is 2.02. The topological polar surface area (TPSA) is 42.0 Å². The highest BCUT2D eigenvalue weighted by atomic mass is 32.1. The summed E-state index contributed by atoms with van der Waals surface area (Å²) in [6.45, 7) is 3.91. The predicted octanol–water partition coefficient (Wildman–Crippen LogP) is 2.19. The highest BCUT2D eigenvalue weighted by Gasteiger charge is 2.45. The van der Waals surface area contributed by atoms with Crippen molar-refractivity contribution >= 4 is 22.4 Å². The summed E-state index contributed by atoms with van der Waals surface area (Å²) in [5.41, 5.74) is 0.848. The monoisotopic (exact) mass is 196 g/mol. The van der Waals surface area contributed by atoms with Crippen molar-refractivity contribution in [2.24, 2.45) is 5.41 Å². The van der Waals surface area contributed by atoms with E-state index in [-0.39, 0.29) is 11.3 Å². The standard InChI is InChI=1S/C9H12N2OS/c1-6-5-13-8(10-6)11-7(12)9(2)3-4-9/h5H,3-4H2,1-2H3,(H,10,11,12). The smallest absolute Gasteiger partial charge is 0.232 e. The van der Waals surface area contributed by atoms with E-state index in [0.29, 0.717) is 0 Å². The van der Waals surface area contributed by atoms with E-state index in [0.717, 1.165) is 23.7 Å². The lowest BCUT2D eigenvalue weighted by atomic mass is 10.1. The van der Waals surface area contributed by atoms with Crippen molar-refractivity contribution in [1.29, 1.82) is 0 Å². The van der Waals surface area contributed by atoms with Gasteiger partial charge in [-0.1, -0.05) is 6.92 Å². The Bertz CT molecular complexity index is 341. The van der Waals surface area contributed by atoms with Crippen molar-refractivity contribution in [2.75, 3.05) is 5.32 Å². The highest BCUT2D eigenvalue weighted by Crippen LogP contribution is 2.45. The Labute approximate surface area is 81.2 Å². The van der Waals surface area contributed by atoms with Gasteiger partial charge in [-0.15, -0.1) is 11.3 Å². The second-order valence-electron chi connectivity index (χ2n) is 3.81. The van der Waals surface area contributed by atoms with Crippen LogP contribution >= 0.6 is 11.3 Å². The fraction of sp³-hybridized carbons (Fsp3) is 0.556. The molecule has 13 heavy (non-hydrogen) atoms. The summed E-state index contributed by atoms with van der Waals surface area (Å²) in [6.07, 6.45) is 2.01. The van der Waals surface area contributed by atoms with E-state index in [2.05, 4.69) is 10.3 Å². The molecule has 0 bridgehead atoms. The molecule has 1 saturated carbocycles. The van der Waals surface area contributed by atoms with Gasteiger partial charge in [0, 0.05) is 10.8 Å². The molecule has 1 aliphatic carbocycles. The molecule has 1 aromatic rings. The third-order valence-corrected chi connectivity index (χ3v) is 3.26. The van der Waals surface area contributed by atoms with Crippen molar-refractivity contribution in [3.63, 3.8) is 0 Å². The molecule has 1 fully saturated rings. The van der Waals surface area contributed by atoms with Gasteiger partial charge in [-0.25, -0.2) is 4.98 Å². The molecule has 70 valence electrons. The van der Waals surface area contributed by atoms with Gasteiger partial charge in [0.05, 0.1) is 5.69 Å². The number of aryl methyl sites for hydroxylation is 1. The fourth-order valence-corrected chi connectivity index (χ4v) is 1.76. The zero-order chi connectivity index (χ0) is 9.47. The highest BCUT2D eigenvalue weighted by molar-refractivity contribution is 7.13. The number of nitrogens with zero attached hydrogens (tertiary/aromatic N) is 1. The third kappa shape index (κ3) is 1.72. The maximum absolute atomic E-state index is 11.6. The Kier molecular flexibility index (Phi) is 1.87. The molecule has 0 unspecified atom stereocenters. The van der Waals surface area contributed by atoms with Gasteiger partial charge >= 0.3 is 0 Å². The first-order valence-electron chi connectivity index (χ1n) is 4.34. The minimum atomic E-state index is -0.112. The van der Waals surface area contributed by atoms with Crippen LogP contribution in [0.4, 0.5) is 5.13 Å². The van der Waals surface area contributed by atoms with Crippen LogP contribution < -0.4 is 5.32 Å². The van der Waals surface area contributed by atoms with Crippen molar-refractivity contribution in [1.82, 2.24) is 4.98 Å². The lowest BCUT2D eigenvalue weighted by Gasteiger charge is -2.06. The normalized spacial score (nSPS) is 18.3. The SMILES string of the molecule is Cc1csc(NC(=O)C2(C)CC2)n1. The molecule has 1 heterocycles. The average molecular weight is 196 g/mol. The van der Waals surface area contributed by atoms with Crippen LogP contribution in [0.2, 0.25) is 0 Å². The second-order valence-corrected chi connectivity index (χ2v) is 4.67. The summed E-state index contributed by atoms with van der Waals surface area (Å²) in [7, 11) is 0. The van der Waals surface area contributed by atoms with Gasteiger partial charge in [-0.05, 0) is 19.8 Å². The average Bonchev–Trinajstić information content (AvgIpc) is 2.69. The number of hydrogen-bond donors (Lipinski definition) is 1. The largest absolute Gasteiger partial charge is 0.301 e. The quantitative estimate of drug-likeness (QED) is 0.787. The van der Waals surface area contributed by atoms with E-state index < -0.39 is 0 Å². The van der Waals surface area contributed by atoms with Crippen LogP contribution in [0, 0.1) is 12.3 Å². The first kappa shape index (κ1) is 8.69. The van der Waals surface area contributed by atoms with Crippen LogP contribution in [0.25, 0.3) is 0 Å². The Morgan fingerprint density at radius 1 is 1.69 bits per heavy atom. The Hall–Kier alpha value is -0.900. The second kappa shape index (κ2) is 2.80. The fourth-order valence-electron chi connectivity index (χ4n) is 1.07. The molecule has 1 amide bonds. The predicted molar refractivity (Wildman–Crippen MR) is 52.8 cm³/mol. The van der Waals surface area contributed by atoms with Gasteiger partial charge in [-0.2, -0.15) is 0 Å². The number of rotatable bonds is 2. The van der Waals surface area contributed by atoms with Gasteiger partial charge in [0.1, 0.15) is 0 Å². The van der Waals surface area contributed by atoms with E-state index in [1.807, 2.05) is 19.2 Å². The number of anilines is 1. The number of hydrogen-bond acceptors (Lipinski definition) is 3. The molecule has 1 N–H and O–H groups in total. The van der Waals surface area contributed by atoms with Crippen LogP contribution in [0.3, 0.4) is 0 Å². The number of carbonyl (C=O) groups is 1. The van der Waals surface area contributed by atoms with Gasteiger partial charge in [0.25, 0.3) is 0 Å². The molecule has 0 aliphatic heterocycles. The molecule has 0 atom stereocenters. The number of carbonyl (C=O) groups excluding carboxylic acids is 1. The Morgan fingerprint density at radius 2 is 2.38 bits per heavy atom. The summed E-state index contributed by atoms with van der Waals surface area (Å²) in [5, 5.41) is 5.49. The van der Waals surface area contributed by atoms with Gasteiger partial charge in [0.2, 0.25) is 5.91 Å². The molecule has 0 radical (unpaired) electrons. The van der Waals surface area contributed by atoms with Crippen LogP contribution in [0.15, 0.2) is 5.38 Å². The van der Waals surface area contributed by atoms with E-state index in [1.165, 1.54) is 11.3 Å². The van der Waals surface area contributed by atoms with Crippen LogP contribution in [0.1, 0.15) is 25.5 Å². The molecular formula is C9H12N2OS. The van der Waals surface area contributed by atoms with Crippen molar-refractivity contribution in [2.45, 2.75) is 26.7 Å². The van der Waals surface area contributed by atoms with Gasteiger partial charge in [0.15, 0.2) is 5.13 Å². The van der Waals surface area contributed by atoms with Crippen LogP contribution in [-0.4, -0.2) is 10.9 Å². The molecule has 1 aliphatic rings. The molecule has 1 aromatic heterocycles. The van der Waals surface area contributed by atoms with Crippen molar-refractivity contribution in [3.05, 3.63) is 11.1 Å². The zero-order valence-corrected chi connectivity index (χ0v) is 8.57. The molecule has 0 saturated heterocycles. The first-order chi connectivity index (χ1) is 6.10. The summed E-state index contributed by atoms with van der Waals surface area (Å²) in [4.78, 5) is 15.7. The van der Waals surface area contributed by atoms with E-state index in [4.69, 9.17) is 0 Å². The minimum Gasteiger partial charge on any atom is -0.301 e. The summed E-state index contributed by atoms with van der Waals surface area (Å²) in [6, 6.07) is 0. The lowest BCUT2D eigenvalue weighted by Crippen LogP contribution is -2.21. The van der Waals surface area contributed by atoms with Crippen LogP contribution in [0.5, 0.6) is 0 Å². The molecule has 0 aromatic carbocycles. The zero-order valence-electron chi connectivity index (χ0n) is 7.76. The summed E-state index contributed by atoms with van der Waals surface area (Å²) >= 11 is 1.48. The molecule has 2 rings (SSSR count). The van der Waals surface area contributed by atoms with Crippen molar-refractivity contribution < 1.29 is 4.79 Å². The molecule has 3 nitrogen and oxygen atoms in total.